The SMILES string of the molecule is CSc1ccc(Cl)cc1-c1cc2ccc(C)cn2c1C=O. The molecule has 3 aromatic rings. The number of pyridine rings is 1. The number of nitrogens with zero attached hydrogens (tertiary/aromatic N) is 1. The molecule has 4 heteroatoms. The zero-order valence-electron chi connectivity index (χ0n) is 11.8. The van der Waals surface area contributed by atoms with E-state index in [1.54, 1.807) is 11.8 Å². The van der Waals surface area contributed by atoms with Crippen LogP contribution in [0.3, 0.4) is 0 Å². The molecule has 0 saturated heterocycles. The van der Waals surface area contributed by atoms with Crippen molar-refractivity contribution in [3.8, 4) is 11.1 Å². The first-order chi connectivity index (χ1) is 10.1. The number of carbonyl (C=O) groups excluding carboxylic acids is 1. The van der Waals surface area contributed by atoms with Gasteiger partial charge in [0.05, 0.1) is 5.69 Å². The molecular formula is C17H14ClNOS. The van der Waals surface area contributed by atoms with Gasteiger partial charge < -0.3 is 4.40 Å². The van der Waals surface area contributed by atoms with Crippen LogP contribution in [0.4, 0.5) is 0 Å². The molecule has 0 aliphatic rings. The van der Waals surface area contributed by atoms with E-state index in [0.717, 1.165) is 33.4 Å². The maximum absolute atomic E-state index is 11.6. The fourth-order valence-corrected chi connectivity index (χ4v) is 3.29. The molecule has 0 spiro atoms. The van der Waals surface area contributed by atoms with Gasteiger partial charge in [0.2, 0.25) is 0 Å². The van der Waals surface area contributed by atoms with E-state index in [4.69, 9.17) is 11.6 Å². The first-order valence-corrected chi connectivity index (χ1v) is 8.15. The summed E-state index contributed by atoms with van der Waals surface area (Å²) in [7, 11) is 0. The van der Waals surface area contributed by atoms with E-state index in [2.05, 4.69) is 0 Å². The van der Waals surface area contributed by atoms with Crippen LogP contribution in [0.15, 0.2) is 47.5 Å². The Morgan fingerprint density at radius 1 is 1.14 bits per heavy atom. The molecule has 0 unspecified atom stereocenters. The Morgan fingerprint density at radius 3 is 2.67 bits per heavy atom. The Hall–Kier alpha value is -1.71. The van der Waals surface area contributed by atoms with E-state index in [-0.39, 0.29) is 0 Å². The molecular weight excluding hydrogens is 302 g/mol. The number of aromatic nitrogens is 1. The summed E-state index contributed by atoms with van der Waals surface area (Å²) in [6, 6.07) is 11.9. The molecule has 0 bridgehead atoms. The second-order valence-corrected chi connectivity index (χ2v) is 6.19. The normalized spacial score (nSPS) is 11.0. The molecule has 0 aliphatic heterocycles. The van der Waals surface area contributed by atoms with Gasteiger partial charge in [0, 0.05) is 27.2 Å². The minimum Gasteiger partial charge on any atom is -0.313 e. The van der Waals surface area contributed by atoms with Crippen molar-refractivity contribution >= 4 is 35.2 Å². The highest BCUT2D eigenvalue weighted by Crippen LogP contribution is 2.35. The van der Waals surface area contributed by atoms with Crippen molar-refractivity contribution in [1.29, 1.82) is 0 Å². The molecule has 0 N–H and O–H groups in total. The van der Waals surface area contributed by atoms with Gasteiger partial charge >= 0.3 is 0 Å². The number of fused-ring (bicyclic) bond motifs is 1. The maximum atomic E-state index is 11.6. The average molecular weight is 316 g/mol. The predicted octanol–water partition coefficient (Wildman–Crippen LogP) is 5.10. The van der Waals surface area contributed by atoms with E-state index in [1.807, 2.05) is 60.2 Å². The van der Waals surface area contributed by atoms with Crippen molar-refractivity contribution in [3.05, 3.63) is 58.9 Å². The Morgan fingerprint density at radius 2 is 1.95 bits per heavy atom. The van der Waals surface area contributed by atoms with Gasteiger partial charge in [-0.25, -0.2) is 0 Å². The molecule has 0 radical (unpaired) electrons. The van der Waals surface area contributed by atoms with Crippen LogP contribution < -0.4 is 0 Å². The highest BCUT2D eigenvalue weighted by atomic mass is 35.5. The van der Waals surface area contributed by atoms with Gasteiger partial charge in [0.15, 0.2) is 6.29 Å². The molecule has 3 rings (SSSR count). The first-order valence-electron chi connectivity index (χ1n) is 6.55. The quantitative estimate of drug-likeness (QED) is 0.495. The van der Waals surface area contributed by atoms with Gasteiger partial charge in [0.25, 0.3) is 0 Å². The zero-order valence-corrected chi connectivity index (χ0v) is 13.3. The van der Waals surface area contributed by atoms with E-state index < -0.39 is 0 Å². The number of aryl methyl sites for hydroxylation is 1. The fourth-order valence-electron chi connectivity index (χ4n) is 2.52. The summed E-state index contributed by atoms with van der Waals surface area (Å²) in [4.78, 5) is 12.7. The van der Waals surface area contributed by atoms with E-state index in [1.165, 1.54) is 0 Å². The van der Waals surface area contributed by atoms with Crippen molar-refractivity contribution < 1.29 is 4.79 Å². The van der Waals surface area contributed by atoms with Crippen LogP contribution in [0.2, 0.25) is 5.02 Å². The van der Waals surface area contributed by atoms with Crippen LogP contribution in [0.1, 0.15) is 16.1 Å². The van der Waals surface area contributed by atoms with Gasteiger partial charge in [-0.1, -0.05) is 17.7 Å². The summed E-state index contributed by atoms with van der Waals surface area (Å²) in [5, 5.41) is 0.672. The lowest BCUT2D eigenvalue weighted by Crippen LogP contribution is -1.93. The number of halogens is 1. The summed E-state index contributed by atoms with van der Waals surface area (Å²) in [6.45, 7) is 2.01. The summed E-state index contributed by atoms with van der Waals surface area (Å²) in [5.74, 6) is 0. The van der Waals surface area contributed by atoms with Crippen molar-refractivity contribution in [1.82, 2.24) is 4.40 Å². The minimum atomic E-state index is 0.659. The van der Waals surface area contributed by atoms with Crippen molar-refractivity contribution in [2.45, 2.75) is 11.8 Å². The zero-order chi connectivity index (χ0) is 15.0. The highest BCUT2D eigenvalue weighted by molar-refractivity contribution is 7.98. The molecule has 106 valence electrons. The molecule has 0 amide bonds. The van der Waals surface area contributed by atoms with Crippen LogP contribution in [-0.2, 0) is 0 Å². The van der Waals surface area contributed by atoms with E-state index in [0.29, 0.717) is 10.7 Å². The van der Waals surface area contributed by atoms with Gasteiger partial charge in [-0.15, -0.1) is 11.8 Å². The summed E-state index contributed by atoms with van der Waals surface area (Å²) in [5.41, 5.74) is 4.70. The third kappa shape index (κ3) is 2.47. The molecule has 2 nitrogen and oxygen atoms in total. The predicted molar refractivity (Wildman–Crippen MR) is 89.7 cm³/mol. The molecule has 21 heavy (non-hydrogen) atoms. The fraction of sp³-hybridized carbons (Fsp3) is 0.118. The largest absolute Gasteiger partial charge is 0.313 e. The Kier molecular flexibility index (Phi) is 3.79. The smallest absolute Gasteiger partial charge is 0.167 e. The highest BCUT2D eigenvalue weighted by Gasteiger charge is 2.15. The Labute approximate surface area is 132 Å². The molecule has 0 saturated carbocycles. The summed E-state index contributed by atoms with van der Waals surface area (Å²) < 4.78 is 1.93. The van der Waals surface area contributed by atoms with E-state index >= 15 is 0 Å². The number of hydrogen-bond donors (Lipinski definition) is 0. The van der Waals surface area contributed by atoms with Crippen LogP contribution >= 0.6 is 23.4 Å². The summed E-state index contributed by atoms with van der Waals surface area (Å²) in [6.07, 6.45) is 4.91. The molecule has 0 aliphatic carbocycles. The van der Waals surface area contributed by atoms with Gasteiger partial charge in [-0.3, -0.25) is 4.79 Å². The summed E-state index contributed by atoms with van der Waals surface area (Å²) >= 11 is 7.79. The molecule has 2 heterocycles. The molecule has 0 atom stereocenters. The number of rotatable bonds is 3. The molecule has 1 aromatic carbocycles. The van der Waals surface area contributed by atoms with Crippen LogP contribution in [0.5, 0.6) is 0 Å². The minimum absolute atomic E-state index is 0.659. The third-order valence-electron chi connectivity index (χ3n) is 3.52. The molecule has 2 aromatic heterocycles. The van der Waals surface area contributed by atoms with Crippen LogP contribution in [0.25, 0.3) is 16.6 Å². The topological polar surface area (TPSA) is 21.5 Å². The number of benzene rings is 1. The number of aldehydes is 1. The van der Waals surface area contributed by atoms with Crippen LogP contribution in [0, 0.1) is 6.92 Å². The lowest BCUT2D eigenvalue weighted by Gasteiger charge is -2.07. The maximum Gasteiger partial charge on any atom is 0.167 e. The van der Waals surface area contributed by atoms with Gasteiger partial charge in [0.1, 0.15) is 0 Å². The Bertz CT molecular complexity index is 838. The Balaban J connectivity index is 2.35. The van der Waals surface area contributed by atoms with Crippen molar-refractivity contribution in [2.24, 2.45) is 0 Å². The number of hydrogen-bond acceptors (Lipinski definition) is 2. The second-order valence-electron chi connectivity index (χ2n) is 4.91. The second kappa shape index (κ2) is 5.58. The standard InChI is InChI=1S/C17H14ClNOS/c1-11-3-5-13-8-14(16(10-20)19(13)9-11)15-7-12(18)4-6-17(15)21-2/h3-10H,1-2H3. The van der Waals surface area contributed by atoms with E-state index in [9.17, 15) is 4.79 Å². The monoisotopic (exact) mass is 315 g/mol. The molecule has 0 fully saturated rings. The van der Waals surface area contributed by atoms with Crippen LogP contribution in [-0.4, -0.2) is 16.9 Å². The van der Waals surface area contributed by atoms with Crippen molar-refractivity contribution in [3.63, 3.8) is 0 Å². The number of carbonyl (C=O) groups is 1. The third-order valence-corrected chi connectivity index (χ3v) is 4.55. The van der Waals surface area contributed by atoms with Gasteiger partial charge in [-0.2, -0.15) is 0 Å². The number of thioether (sulfide) groups is 1. The lowest BCUT2D eigenvalue weighted by molar-refractivity contribution is 0.111. The lowest BCUT2D eigenvalue weighted by atomic mass is 10.1. The van der Waals surface area contributed by atoms with Crippen molar-refractivity contribution in [2.75, 3.05) is 6.26 Å². The van der Waals surface area contributed by atoms with Gasteiger partial charge in [-0.05, 0) is 54.6 Å². The first kappa shape index (κ1) is 14.2. The average Bonchev–Trinajstić information content (AvgIpc) is 2.84.